The van der Waals surface area contributed by atoms with Crippen molar-refractivity contribution in [2.45, 2.75) is 69.1 Å². The summed E-state index contributed by atoms with van der Waals surface area (Å²) in [4.78, 5) is 79.8. The third-order valence-electron chi connectivity index (χ3n) is 8.09. The molecule has 0 spiro atoms. The highest BCUT2D eigenvalue weighted by Gasteiger charge is 2.43. The van der Waals surface area contributed by atoms with Gasteiger partial charge in [-0.2, -0.15) is 0 Å². The Labute approximate surface area is 243 Å². The number of amides is 5. The van der Waals surface area contributed by atoms with Crippen molar-refractivity contribution in [3.63, 3.8) is 0 Å². The first-order valence-electron chi connectivity index (χ1n) is 14.3. The smallest absolute Gasteiger partial charge is 0.326 e. The Bertz CT molecular complexity index is 1210. The van der Waals surface area contributed by atoms with E-state index in [1.54, 1.807) is 12.1 Å². The maximum Gasteiger partial charge on any atom is 0.326 e. The number of nitrogens with zero attached hydrogens (tertiary/aromatic N) is 3. The van der Waals surface area contributed by atoms with E-state index in [2.05, 4.69) is 10.6 Å². The zero-order valence-electron chi connectivity index (χ0n) is 23.4. The van der Waals surface area contributed by atoms with Gasteiger partial charge in [0, 0.05) is 19.6 Å². The number of carboxylic acid groups (broad SMARTS) is 1. The van der Waals surface area contributed by atoms with Crippen molar-refractivity contribution < 1.29 is 39.0 Å². The third kappa shape index (κ3) is 7.16. The molecule has 5 amide bonds. The molecule has 42 heavy (non-hydrogen) atoms. The fraction of sp³-hybridized carbons (Fsp3) is 0.571. The van der Waals surface area contributed by atoms with Crippen molar-refractivity contribution in [2.24, 2.45) is 5.73 Å². The highest BCUT2D eigenvalue weighted by atomic mass is 16.4. The van der Waals surface area contributed by atoms with E-state index in [0.717, 1.165) is 5.56 Å². The molecule has 0 radical (unpaired) electrons. The van der Waals surface area contributed by atoms with Gasteiger partial charge in [0.25, 0.3) is 0 Å². The molecule has 0 bridgehead atoms. The Morgan fingerprint density at radius 2 is 1.40 bits per heavy atom. The number of carboxylic acids is 1. The molecule has 0 saturated carbocycles. The summed E-state index contributed by atoms with van der Waals surface area (Å²) in [5, 5.41) is 23.6. The normalized spacial score (nSPS) is 22.6. The molecule has 14 nitrogen and oxygen atoms in total. The van der Waals surface area contributed by atoms with Gasteiger partial charge in [-0.25, -0.2) is 4.79 Å². The largest absolute Gasteiger partial charge is 0.508 e. The van der Waals surface area contributed by atoms with Crippen LogP contribution in [0.1, 0.15) is 44.1 Å². The minimum absolute atomic E-state index is 0.108. The van der Waals surface area contributed by atoms with Gasteiger partial charge in [0.1, 0.15) is 23.9 Å². The highest BCUT2D eigenvalue weighted by molar-refractivity contribution is 5.95. The Hall–Kier alpha value is -4.20. The number of benzene rings is 1. The molecular formula is C28H38N6O8. The van der Waals surface area contributed by atoms with Gasteiger partial charge >= 0.3 is 5.97 Å². The van der Waals surface area contributed by atoms with Crippen molar-refractivity contribution in [2.75, 3.05) is 32.7 Å². The lowest BCUT2D eigenvalue weighted by atomic mass is 10.0. The van der Waals surface area contributed by atoms with E-state index < -0.39 is 54.4 Å². The molecule has 0 aromatic heterocycles. The van der Waals surface area contributed by atoms with Crippen LogP contribution in [0.3, 0.4) is 0 Å². The number of hydrogen-bond acceptors (Lipinski definition) is 8. The fourth-order valence-corrected chi connectivity index (χ4v) is 5.91. The first-order valence-corrected chi connectivity index (χ1v) is 14.3. The second kappa shape index (κ2) is 13.6. The summed E-state index contributed by atoms with van der Waals surface area (Å²) >= 11 is 0. The van der Waals surface area contributed by atoms with Crippen LogP contribution in [0, 0.1) is 0 Å². The monoisotopic (exact) mass is 586 g/mol. The number of hydrogen-bond donors (Lipinski definition) is 5. The van der Waals surface area contributed by atoms with Crippen LogP contribution in [0.25, 0.3) is 0 Å². The van der Waals surface area contributed by atoms with Gasteiger partial charge in [0.15, 0.2) is 0 Å². The number of rotatable bonds is 10. The summed E-state index contributed by atoms with van der Waals surface area (Å²) < 4.78 is 0. The Kier molecular flexibility index (Phi) is 9.99. The van der Waals surface area contributed by atoms with E-state index in [9.17, 15) is 39.0 Å². The molecule has 3 aliphatic rings. The average Bonchev–Trinajstić information content (AvgIpc) is 3.75. The quantitative estimate of drug-likeness (QED) is 0.217. The van der Waals surface area contributed by atoms with Crippen LogP contribution in [0.5, 0.6) is 5.75 Å². The van der Waals surface area contributed by atoms with Crippen LogP contribution in [0.4, 0.5) is 0 Å². The van der Waals surface area contributed by atoms with Crippen molar-refractivity contribution in [1.82, 2.24) is 25.3 Å². The first kappa shape index (κ1) is 30.8. The number of carbonyl (C=O) groups is 6. The van der Waals surface area contributed by atoms with Crippen molar-refractivity contribution in [3.8, 4) is 5.75 Å². The topological polar surface area (TPSA) is 203 Å². The van der Waals surface area contributed by atoms with Gasteiger partial charge in [-0.1, -0.05) is 12.1 Å². The third-order valence-corrected chi connectivity index (χ3v) is 8.09. The van der Waals surface area contributed by atoms with E-state index in [1.165, 1.54) is 26.8 Å². The number of nitrogens with one attached hydrogen (secondary N) is 2. The molecule has 3 heterocycles. The van der Waals surface area contributed by atoms with E-state index in [0.29, 0.717) is 58.2 Å². The molecule has 0 unspecified atom stereocenters. The molecule has 0 aliphatic carbocycles. The Balaban J connectivity index is 1.27. The van der Waals surface area contributed by atoms with Gasteiger partial charge in [-0.3, -0.25) is 24.0 Å². The standard InChI is InChI=1S/C28H38N6O8/c29-19(14-17-7-9-18(35)10-8-17)26(39)34-13-2-5-21(34)27(40)33-12-1-4-20(33)25(38)31-15-23(36)30-16-24(37)32-11-3-6-22(32)28(41)42/h7-10,19-22,35H,1-6,11-16,29H2,(H,30,36)(H,31,38)(H,41,42)/t19-,20-,21-,22-/m0/s1. The van der Waals surface area contributed by atoms with Gasteiger partial charge in [0.05, 0.1) is 19.1 Å². The number of phenols is 1. The number of nitrogens with two attached hydrogens (primary N) is 1. The molecule has 3 saturated heterocycles. The van der Waals surface area contributed by atoms with Crippen molar-refractivity contribution in [1.29, 1.82) is 0 Å². The highest BCUT2D eigenvalue weighted by Crippen LogP contribution is 2.26. The number of phenolic OH excluding ortho intramolecular Hbond substituents is 1. The maximum atomic E-state index is 13.5. The van der Waals surface area contributed by atoms with E-state index in [-0.39, 0.29) is 30.5 Å². The van der Waals surface area contributed by atoms with Crippen molar-refractivity contribution in [3.05, 3.63) is 29.8 Å². The average molecular weight is 587 g/mol. The second-order valence-electron chi connectivity index (χ2n) is 10.9. The van der Waals surface area contributed by atoms with E-state index in [4.69, 9.17) is 5.73 Å². The van der Waals surface area contributed by atoms with Crippen LogP contribution in [0.15, 0.2) is 24.3 Å². The zero-order chi connectivity index (χ0) is 30.4. The lowest BCUT2D eigenvalue weighted by molar-refractivity contribution is -0.148. The predicted molar refractivity (Wildman–Crippen MR) is 148 cm³/mol. The predicted octanol–water partition coefficient (Wildman–Crippen LogP) is -1.45. The zero-order valence-corrected chi connectivity index (χ0v) is 23.4. The lowest BCUT2D eigenvalue weighted by Gasteiger charge is -2.32. The number of likely N-dealkylation sites (tertiary alicyclic amines) is 3. The molecule has 6 N–H and O–H groups in total. The summed E-state index contributed by atoms with van der Waals surface area (Å²) in [5.41, 5.74) is 6.97. The number of aliphatic carboxylic acids is 1. The fourth-order valence-electron chi connectivity index (χ4n) is 5.91. The SMILES string of the molecule is N[C@@H](Cc1ccc(O)cc1)C(=O)N1CCC[C@H]1C(=O)N1CCC[C@H]1C(=O)NCC(=O)NCC(=O)N1CCC[C@H]1C(=O)O. The van der Waals surface area contributed by atoms with Crippen LogP contribution in [0.2, 0.25) is 0 Å². The number of carbonyl (C=O) groups excluding carboxylic acids is 5. The maximum absolute atomic E-state index is 13.5. The molecule has 14 heteroatoms. The van der Waals surface area contributed by atoms with E-state index in [1.807, 2.05) is 0 Å². The second-order valence-corrected chi connectivity index (χ2v) is 10.9. The molecule has 1 aromatic rings. The van der Waals surface area contributed by atoms with Crippen molar-refractivity contribution >= 4 is 35.5 Å². The molecule has 3 aliphatic heterocycles. The molecule has 3 fully saturated rings. The van der Waals surface area contributed by atoms with E-state index >= 15 is 0 Å². The molecule has 4 atom stereocenters. The van der Waals surface area contributed by atoms with Crippen LogP contribution in [-0.2, 0) is 35.2 Å². The molecular weight excluding hydrogens is 548 g/mol. The number of aromatic hydroxyl groups is 1. The first-order chi connectivity index (χ1) is 20.1. The van der Waals surface area contributed by atoms with Gasteiger partial charge in [0.2, 0.25) is 29.5 Å². The summed E-state index contributed by atoms with van der Waals surface area (Å²) in [5.74, 6) is -3.29. The molecule has 4 rings (SSSR count). The van der Waals surface area contributed by atoms with Crippen LogP contribution in [-0.4, -0.2) is 117 Å². The minimum atomic E-state index is -1.09. The Morgan fingerprint density at radius 1 is 0.810 bits per heavy atom. The summed E-state index contributed by atoms with van der Waals surface area (Å²) in [6, 6.07) is 3.10. The lowest BCUT2D eigenvalue weighted by Crippen LogP contribution is -2.55. The Morgan fingerprint density at radius 3 is 2.07 bits per heavy atom. The van der Waals surface area contributed by atoms with Crippen LogP contribution >= 0.6 is 0 Å². The summed E-state index contributed by atoms with van der Waals surface area (Å²) in [6.07, 6.45) is 3.26. The molecule has 228 valence electrons. The minimum Gasteiger partial charge on any atom is -0.508 e. The molecule has 1 aromatic carbocycles. The van der Waals surface area contributed by atoms with Gasteiger partial charge in [-0.05, 0) is 62.6 Å². The van der Waals surface area contributed by atoms with Gasteiger partial charge < -0.3 is 41.3 Å². The summed E-state index contributed by atoms with van der Waals surface area (Å²) in [6.45, 7) is 0.242. The summed E-state index contributed by atoms with van der Waals surface area (Å²) in [7, 11) is 0. The van der Waals surface area contributed by atoms with Gasteiger partial charge in [-0.15, -0.1) is 0 Å². The van der Waals surface area contributed by atoms with Crippen LogP contribution < -0.4 is 16.4 Å².